The first-order valence-corrected chi connectivity index (χ1v) is 10.7. The molecular weight excluding hydrogens is 407 g/mol. The Morgan fingerprint density at radius 1 is 1.04 bits per heavy atom. The summed E-state index contributed by atoms with van der Waals surface area (Å²) in [6, 6.07) is 11.8. The number of halogens is 2. The molecule has 0 saturated heterocycles. The van der Waals surface area contributed by atoms with Crippen LogP contribution in [0, 0.1) is 0 Å². The van der Waals surface area contributed by atoms with Gasteiger partial charge in [-0.3, -0.25) is 0 Å². The van der Waals surface area contributed by atoms with Crippen LogP contribution < -0.4 is 0 Å². The fourth-order valence-corrected chi connectivity index (χ4v) is 4.25. The van der Waals surface area contributed by atoms with Crippen molar-refractivity contribution in [1.29, 1.82) is 0 Å². The van der Waals surface area contributed by atoms with Crippen LogP contribution in [0.3, 0.4) is 0 Å². The zero-order chi connectivity index (χ0) is 20.0. The quantitative estimate of drug-likeness (QED) is 0.440. The highest BCUT2D eigenvalue weighted by molar-refractivity contribution is 7.89. The molecule has 2 aromatic carbocycles. The Morgan fingerprint density at radius 2 is 1.67 bits per heavy atom. The SMILES string of the molecule is CCN(CC)S(=O)(=O)c1ccc(/C(C)=N\OCc2ccc(Cl)c(Cl)c2)cc1. The molecule has 0 heterocycles. The molecule has 0 aliphatic heterocycles. The number of hydrogen-bond acceptors (Lipinski definition) is 4. The minimum Gasteiger partial charge on any atom is -0.391 e. The van der Waals surface area contributed by atoms with Gasteiger partial charge in [-0.25, -0.2) is 8.42 Å². The van der Waals surface area contributed by atoms with Gasteiger partial charge in [0, 0.05) is 13.1 Å². The molecule has 27 heavy (non-hydrogen) atoms. The van der Waals surface area contributed by atoms with Crippen LogP contribution in [-0.4, -0.2) is 31.5 Å². The molecule has 0 spiro atoms. The molecule has 2 aromatic rings. The molecule has 0 unspecified atom stereocenters. The summed E-state index contributed by atoms with van der Waals surface area (Å²) < 4.78 is 26.4. The van der Waals surface area contributed by atoms with Crippen molar-refractivity contribution in [1.82, 2.24) is 4.31 Å². The second kappa shape index (κ2) is 9.55. The molecule has 0 amide bonds. The highest BCUT2D eigenvalue weighted by atomic mass is 35.5. The smallest absolute Gasteiger partial charge is 0.243 e. The molecule has 0 aliphatic rings. The fraction of sp³-hybridized carbons (Fsp3) is 0.316. The summed E-state index contributed by atoms with van der Waals surface area (Å²) in [5.41, 5.74) is 2.27. The van der Waals surface area contributed by atoms with E-state index in [4.69, 9.17) is 28.0 Å². The Balaban J connectivity index is 2.07. The molecule has 0 radical (unpaired) electrons. The lowest BCUT2D eigenvalue weighted by molar-refractivity contribution is 0.130. The third-order valence-electron chi connectivity index (χ3n) is 4.03. The van der Waals surface area contributed by atoms with Crippen molar-refractivity contribution < 1.29 is 13.3 Å². The van der Waals surface area contributed by atoms with E-state index < -0.39 is 10.0 Å². The summed E-state index contributed by atoms with van der Waals surface area (Å²) in [4.78, 5) is 5.62. The van der Waals surface area contributed by atoms with Gasteiger partial charge in [-0.2, -0.15) is 4.31 Å². The van der Waals surface area contributed by atoms with Crippen molar-refractivity contribution in [3.05, 3.63) is 63.6 Å². The first-order valence-electron chi connectivity index (χ1n) is 8.50. The molecule has 0 aliphatic carbocycles. The third-order valence-corrected chi connectivity index (χ3v) is 6.84. The van der Waals surface area contributed by atoms with Crippen molar-refractivity contribution in [3.8, 4) is 0 Å². The van der Waals surface area contributed by atoms with Crippen molar-refractivity contribution in [2.45, 2.75) is 32.3 Å². The minimum atomic E-state index is -3.47. The standard InChI is InChI=1S/C19H22Cl2N2O3S/c1-4-23(5-2)27(24,25)17-9-7-16(8-10-17)14(3)22-26-13-15-6-11-18(20)19(21)12-15/h6-12H,4-5,13H2,1-3H3/b22-14-. The van der Waals surface area contributed by atoms with Gasteiger partial charge in [0.15, 0.2) is 0 Å². The van der Waals surface area contributed by atoms with Gasteiger partial charge in [-0.1, -0.05) is 60.4 Å². The molecule has 0 bridgehead atoms. The van der Waals surface area contributed by atoms with Crippen LogP contribution in [0.4, 0.5) is 0 Å². The Kier molecular flexibility index (Phi) is 7.68. The van der Waals surface area contributed by atoms with Gasteiger partial charge in [0.2, 0.25) is 10.0 Å². The van der Waals surface area contributed by atoms with E-state index in [1.165, 1.54) is 4.31 Å². The van der Waals surface area contributed by atoms with E-state index in [0.29, 0.717) is 28.8 Å². The average Bonchev–Trinajstić information content (AvgIpc) is 2.65. The lowest BCUT2D eigenvalue weighted by Crippen LogP contribution is -2.30. The summed E-state index contributed by atoms with van der Waals surface area (Å²) in [7, 11) is -3.47. The predicted octanol–water partition coefficient (Wildman–Crippen LogP) is 4.96. The predicted molar refractivity (Wildman–Crippen MR) is 110 cm³/mol. The van der Waals surface area contributed by atoms with E-state index in [9.17, 15) is 8.42 Å². The third kappa shape index (κ3) is 5.45. The van der Waals surface area contributed by atoms with E-state index in [2.05, 4.69) is 5.16 Å². The van der Waals surface area contributed by atoms with Crippen LogP contribution in [-0.2, 0) is 21.5 Å². The maximum atomic E-state index is 12.5. The highest BCUT2D eigenvalue weighted by Gasteiger charge is 2.21. The van der Waals surface area contributed by atoms with Gasteiger partial charge in [0.05, 0.1) is 20.7 Å². The molecular formula is C19H22Cl2N2O3S. The van der Waals surface area contributed by atoms with E-state index in [-0.39, 0.29) is 11.5 Å². The molecule has 0 N–H and O–H groups in total. The Morgan fingerprint density at radius 3 is 2.22 bits per heavy atom. The van der Waals surface area contributed by atoms with Crippen molar-refractivity contribution in [2.24, 2.45) is 5.16 Å². The molecule has 0 fully saturated rings. The summed E-state index contributed by atoms with van der Waals surface area (Å²) in [6.07, 6.45) is 0. The van der Waals surface area contributed by atoms with Gasteiger partial charge < -0.3 is 4.84 Å². The Bertz CT molecular complexity index is 909. The number of rotatable bonds is 8. The van der Waals surface area contributed by atoms with E-state index in [1.807, 2.05) is 19.9 Å². The number of benzene rings is 2. The van der Waals surface area contributed by atoms with Gasteiger partial charge in [0.1, 0.15) is 6.61 Å². The normalized spacial score (nSPS) is 12.4. The van der Waals surface area contributed by atoms with Gasteiger partial charge in [0.25, 0.3) is 0 Å². The van der Waals surface area contributed by atoms with Gasteiger partial charge >= 0.3 is 0 Å². The van der Waals surface area contributed by atoms with Crippen molar-refractivity contribution in [2.75, 3.05) is 13.1 Å². The molecule has 2 rings (SSSR count). The topological polar surface area (TPSA) is 59.0 Å². The maximum Gasteiger partial charge on any atom is 0.243 e. The van der Waals surface area contributed by atoms with Crippen molar-refractivity contribution >= 4 is 38.9 Å². The molecule has 5 nitrogen and oxygen atoms in total. The minimum absolute atomic E-state index is 0.253. The lowest BCUT2D eigenvalue weighted by atomic mass is 10.1. The number of nitrogens with zero attached hydrogens (tertiary/aromatic N) is 2. The fourth-order valence-electron chi connectivity index (χ4n) is 2.47. The monoisotopic (exact) mass is 428 g/mol. The van der Waals surface area contributed by atoms with Crippen LogP contribution in [0.25, 0.3) is 0 Å². The molecule has 146 valence electrons. The molecule has 0 atom stereocenters. The van der Waals surface area contributed by atoms with E-state index in [0.717, 1.165) is 11.1 Å². The molecule has 0 saturated carbocycles. The molecule has 0 aromatic heterocycles. The van der Waals surface area contributed by atoms with E-state index >= 15 is 0 Å². The first kappa shape index (κ1) is 21.7. The number of oxime groups is 1. The molecule has 8 heteroatoms. The summed E-state index contributed by atoms with van der Waals surface area (Å²) in [5.74, 6) is 0. The van der Waals surface area contributed by atoms with Crippen LogP contribution >= 0.6 is 23.2 Å². The first-order chi connectivity index (χ1) is 12.8. The van der Waals surface area contributed by atoms with Crippen LogP contribution in [0.15, 0.2) is 52.5 Å². The van der Waals surface area contributed by atoms with E-state index in [1.54, 1.807) is 43.3 Å². The maximum absolute atomic E-state index is 12.5. The summed E-state index contributed by atoms with van der Waals surface area (Å²) in [6.45, 7) is 6.55. The summed E-state index contributed by atoms with van der Waals surface area (Å²) in [5, 5.41) is 5.03. The zero-order valence-electron chi connectivity index (χ0n) is 15.4. The Hall–Kier alpha value is -1.60. The average molecular weight is 429 g/mol. The van der Waals surface area contributed by atoms with Crippen LogP contribution in [0.1, 0.15) is 31.9 Å². The second-order valence-corrected chi connectivity index (χ2v) is 8.56. The highest BCUT2D eigenvalue weighted by Crippen LogP contribution is 2.23. The second-order valence-electron chi connectivity index (χ2n) is 5.81. The lowest BCUT2D eigenvalue weighted by Gasteiger charge is -2.18. The summed E-state index contributed by atoms with van der Waals surface area (Å²) >= 11 is 11.9. The zero-order valence-corrected chi connectivity index (χ0v) is 17.8. The van der Waals surface area contributed by atoms with Gasteiger partial charge in [-0.05, 0) is 42.3 Å². The number of hydrogen-bond donors (Lipinski definition) is 0. The van der Waals surface area contributed by atoms with Crippen molar-refractivity contribution in [3.63, 3.8) is 0 Å². The Labute approximate surface area is 170 Å². The van der Waals surface area contributed by atoms with Gasteiger partial charge in [-0.15, -0.1) is 0 Å². The van der Waals surface area contributed by atoms with Crippen LogP contribution in [0.5, 0.6) is 0 Å². The van der Waals surface area contributed by atoms with Crippen LogP contribution in [0.2, 0.25) is 10.0 Å². The largest absolute Gasteiger partial charge is 0.391 e. The number of sulfonamides is 1.